The van der Waals surface area contributed by atoms with E-state index in [-0.39, 0.29) is 5.54 Å². The zero-order valence-electron chi connectivity index (χ0n) is 27.0. The van der Waals surface area contributed by atoms with E-state index in [9.17, 15) is 0 Å². The summed E-state index contributed by atoms with van der Waals surface area (Å²) in [5.41, 5.74) is 10.0. The van der Waals surface area contributed by atoms with Crippen molar-refractivity contribution in [2.45, 2.75) is 83.2 Å². The summed E-state index contributed by atoms with van der Waals surface area (Å²) >= 11 is 0. The molecule has 0 fully saturated rings. The molecule has 4 heterocycles. The van der Waals surface area contributed by atoms with Gasteiger partial charge in [0.25, 0.3) is 0 Å². The number of aryl methyl sites for hydroxylation is 1. The van der Waals surface area contributed by atoms with Crippen LogP contribution in [0.15, 0.2) is 116 Å². The maximum atomic E-state index is 2.74. The van der Waals surface area contributed by atoms with Gasteiger partial charge in [-0.3, -0.25) is 0 Å². The molecule has 0 amide bonds. The molecule has 0 bridgehead atoms. The van der Waals surface area contributed by atoms with Gasteiger partial charge in [-0.2, -0.15) is 9.13 Å². The minimum atomic E-state index is -0.0477. The van der Waals surface area contributed by atoms with Crippen LogP contribution in [0.3, 0.4) is 0 Å². The van der Waals surface area contributed by atoms with Gasteiger partial charge in [0.05, 0.1) is 22.4 Å². The summed E-state index contributed by atoms with van der Waals surface area (Å²) in [5.74, 6) is 0.833. The van der Waals surface area contributed by atoms with Crippen LogP contribution in [0.4, 0.5) is 0 Å². The SMILES string of the molecule is CCCCc1ccc2c3[n+](ccc2c1)C(CC)(CC1C[n+]2ccccc2-c2c1ccc1ccccc21)C(CC)c1ccccc1-3. The van der Waals surface area contributed by atoms with Crippen LogP contribution in [0.5, 0.6) is 0 Å². The first-order valence-electron chi connectivity index (χ1n) is 17.2. The number of aromatic nitrogens is 2. The van der Waals surface area contributed by atoms with E-state index in [1.807, 2.05) is 0 Å². The molecule has 0 N–H and O–H groups in total. The third-order valence-electron chi connectivity index (χ3n) is 11.2. The molecule has 0 saturated heterocycles. The Morgan fingerprint density at radius 3 is 2.44 bits per heavy atom. The van der Waals surface area contributed by atoms with Crippen molar-refractivity contribution in [2.24, 2.45) is 0 Å². The van der Waals surface area contributed by atoms with Gasteiger partial charge in [-0.25, -0.2) is 0 Å². The topological polar surface area (TPSA) is 7.76 Å². The number of hydrogen-bond acceptors (Lipinski definition) is 0. The Bertz CT molecular complexity index is 2060. The largest absolute Gasteiger partial charge is 0.221 e. The number of nitrogens with zero attached hydrogens (tertiary/aromatic N) is 2. The lowest BCUT2D eigenvalue weighted by Gasteiger charge is -2.42. The van der Waals surface area contributed by atoms with Gasteiger partial charge in [-0.05, 0) is 70.3 Å². The highest BCUT2D eigenvalue weighted by Gasteiger charge is 2.54. The molecule has 0 spiro atoms. The van der Waals surface area contributed by atoms with E-state index >= 15 is 0 Å². The van der Waals surface area contributed by atoms with E-state index in [1.165, 1.54) is 73.6 Å². The fourth-order valence-electron chi connectivity index (χ4n) is 9.10. The van der Waals surface area contributed by atoms with Crippen molar-refractivity contribution in [3.63, 3.8) is 0 Å². The van der Waals surface area contributed by atoms with Gasteiger partial charge in [0.2, 0.25) is 11.4 Å². The maximum Gasteiger partial charge on any atom is 0.221 e. The molecule has 2 aliphatic heterocycles. The Labute approximate surface area is 268 Å². The molecule has 2 aliphatic rings. The highest BCUT2D eigenvalue weighted by Crippen LogP contribution is 2.52. The lowest BCUT2D eigenvalue weighted by molar-refractivity contribution is -0.765. The fraction of sp³-hybridized carbons (Fsp3) is 0.302. The van der Waals surface area contributed by atoms with Crippen LogP contribution in [0.2, 0.25) is 0 Å². The third kappa shape index (κ3) is 4.36. The number of pyridine rings is 2. The molecule has 0 radical (unpaired) electrons. The highest BCUT2D eigenvalue weighted by molar-refractivity contribution is 5.97. The summed E-state index contributed by atoms with van der Waals surface area (Å²) in [4.78, 5) is 0. The van der Waals surface area contributed by atoms with Crippen LogP contribution in [0.1, 0.15) is 81.4 Å². The van der Waals surface area contributed by atoms with E-state index in [0.717, 1.165) is 32.2 Å². The maximum absolute atomic E-state index is 2.74. The molecular weight excluding hydrogens is 544 g/mol. The Morgan fingerprint density at radius 2 is 1.58 bits per heavy atom. The van der Waals surface area contributed by atoms with Crippen molar-refractivity contribution in [3.05, 3.63) is 132 Å². The first kappa shape index (κ1) is 28.2. The molecule has 8 rings (SSSR count). The number of rotatable bonds is 7. The average molecular weight is 589 g/mol. The van der Waals surface area contributed by atoms with Gasteiger partial charge >= 0.3 is 0 Å². The number of hydrogen-bond donors (Lipinski definition) is 0. The van der Waals surface area contributed by atoms with E-state index in [2.05, 4.69) is 145 Å². The minimum absolute atomic E-state index is 0.0477. The van der Waals surface area contributed by atoms with Crippen molar-refractivity contribution in [3.8, 4) is 22.5 Å². The van der Waals surface area contributed by atoms with Gasteiger partial charge in [0, 0.05) is 37.0 Å². The smallest absolute Gasteiger partial charge is 0.198 e. The lowest BCUT2D eigenvalue weighted by Crippen LogP contribution is -2.63. The van der Waals surface area contributed by atoms with Crippen LogP contribution < -0.4 is 9.13 Å². The lowest BCUT2D eigenvalue weighted by atomic mass is 9.65. The number of fused-ring (bicyclic) bond motifs is 10. The molecule has 4 aromatic carbocycles. The van der Waals surface area contributed by atoms with Gasteiger partial charge in [-0.1, -0.05) is 93.9 Å². The van der Waals surface area contributed by atoms with Gasteiger partial charge < -0.3 is 0 Å². The quantitative estimate of drug-likeness (QED) is 0.164. The second-order valence-corrected chi connectivity index (χ2v) is 13.5. The molecule has 224 valence electrons. The highest BCUT2D eigenvalue weighted by atomic mass is 15.1. The summed E-state index contributed by atoms with van der Waals surface area (Å²) in [6.45, 7) is 8.14. The second kappa shape index (κ2) is 11.2. The molecule has 2 heteroatoms. The normalized spacial score (nSPS) is 20.0. The summed E-state index contributed by atoms with van der Waals surface area (Å²) in [6, 6.07) is 39.4. The molecule has 3 atom stereocenters. The predicted octanol–water partition coefficient (Wildman–Crippen LogP) is 10.0. The second-order valence-electron chi connectivity index (χ2n) is 13.5. The van der Waals surface area contributed by atoms with E-state index in [4.69, 9.17) is 0 Å². The number of benzene rings is 4. The summed E-state index contributed by atoms with van der Waals surface area (Å²) in [7, 11) is 0. The van der Waals surface area contributed by atoms with Gasteiger partial charge in [0.15, 0.2) is 24.5 Å². The standard InChI is InChI=1S/C43H44N2/c1-4-7-14-30-20-22-36-32(27-30)24-26-45-42(36)38-18-11-10-17-37(38)39(5-2)43(45,6-3)28-33-29-44-25-13-12-19-40(44)41-34-16-9-8-15-31(34)21-23-35(33)41/h8-13,15-27,33,39H,4-7,14,28-29H2,1-3H3/q+2. The van der Waals surface area contributed by atoms with Crippen molar-refractivity contribution in [1.29, 1.82) is 0 Å². The zero-order valence-corrected chi connectivity index (χ0v) is 27.0. The summed E-state index contributed by atoms with van der Waals surface area (Å²) < 4.78 is 5.26. The summed E-state index contributed by atoms with van der Waals surface area (Å²) in [5, 5.41) is 5.43. The van der Waals surface area contributed by atoms with Crippen LogP contribution in [-0.4, -0.2) is 0 Å². The monoisotopic (exact) mass is 588 g/mol. The van der Waals surface area contributed by atoms with Crippen LogP contribution in [0, 0.1) is 0 Å². The predicted molar refractivity (Wildman–Crippen MR) is 186 cm³/mol. The molecule has 2 aromatic heterocycles. The van der Waals surface area contributed by atoms with E-state index < -0.39 is 0 Å². The third-order valence-corrected chi connectivity index (χ3v) is 11.2. The first-order valence-corrected chi connectivity index (χ1v) is 17.2. The Kier molecular flexibility index (Phi) is 7.05. The summed E-state index contributed by atoms with van der Waals surface area (Å²) in [6.07, 6.45) is 11.7. The molecular formula is C43H44N2+2. The van der Waals surface area contributed by atoms with Crippen molar-refractivity contribution in [1.82, 2.24) is 0 Å². The Hall–Kier alpha value is -4.30. The van der Waals surface area contributed by atoms with Crippen LogP contribution in [-0.2, 0) is 18.5 Å². The zero-order chi connectivity index (χ0) is 30.5. The molecule has 6 aromatic rings. The van der Waals surface area contributed by atoms with E-state index in [1.54, 1.807) is 0 Å². The first-order chi connectivity index (χ1) is 22.2. The Morgan fingerprint density at radius 1 is 0.733 bits per heavy atom. The van der Waals surface area contributed by atoms with Crippen LogP contribution >= 0.6 is 0 Å². The average Bonchev–Trinajstić information content (AvgIpc) is 3.10. The molecule has 45 heavy (non-hydrogen) atoms. The van der Waals surface area contributed by atoms with Crippen molar-refractivity contribution in [2.75, 3.05) is 0 Å². The van der Waals surface area contributed by atoms with Gasteiger partial charge in [-0.15, -0.1) is 0 Å². The number of unbranched alkanes of at least 4 members (excludes halogenated alkanes) is 1. The fourth-order valence-corrected chi connectivity index (χ4v) is 9.10. The minimum Gasteiger partial charge on any atom is -0.198 e. The van der Waals surface area contributed by atoms with Crippen molar-refractivity contribution < 1.29 is 9.13 Å². The molecule has 2 nitrogen and oxygen atoms in total. The molecule has 0 aliphatic carbocycles. The van der Waals surface area contributed by atoms with Gasteiger partial charge in [0.1, 0.15) is 0 Å². The molecule has 3 unspecified atom stereocenters. The Balaban J connectivity index is 1.34. The van der Waals surface area contributed by atoms with Crippen molar-refractivity contribution >= 4 is 21.5 Å². The molecule has 0 saturated carbocycles. The van der Waals surface area contributed by atoms with E-state index in [0.29, 0.717) is 11.8 Å². The van der Waals surface area contributed by atoms with Crippen LogP contribution in [0.25, 0.3) is 44.1 Å².